The maximum absolute atomic E-state index is 12.8. The van der Waals surface area contributed by atoms with Gasteiger partial charge in [0.15, 0.2) is 0 Å². The Morgan fingerprint density at radius 1 is 1.36 bits per heavy atom. The third-order valence-electron chi connectivity index (χ3n) is 2.50. The fourth-order valence-electron chi connectivity index (χ4n) is 1.47. The van der Waals surface area contributed by atoms with Gasteiger partial charge in [-0.05, 0) is 32.0 Å². The second-order valence-electron chi connectivity index (χ2n) is 4.25. The summed E-state index contributed by atoms with van der Waals surface area (Å²) in [4.78, 5) is 23.2. The van der Waals surface area contributed by atoms with Gasteiger partial charge in [-0.1, -0.05) is 11.6 Å². The first kappa shape index (κ1) is 18.6. The molecular formula is C13H14ClF3N2O2S. The molecule has 0 bridgehead atoms. The highest BCUT2D eigenvalue weighted by Crippen LogP contribution is 2.37. The average Bonchev–Trinajstić information content (AvgIpc) is 2.39. The minimum atomic E-state index is -4.57. The van der Waals surface area contributed by atoms with Crippen molar-refractivity contribution in [3.05, 3.63) is 28.8 Å². The van der Waals surface area contributed by atoms with Crippen LogP contribution in [0.1, 0.15) is 19.4 Å². The van der Waals surface area contributed by atoms with E-state index in [9.17, 15) is 22.8 Å². The number of hydrogen-bond acceptors (Lipinski definition) is 3. The molecule has 0 aliphatic carbocycles. The van der Waals surface area contributed by atoms with Crippen LogP contribution in [0.15, 0.2) is 23.1 Å². The summed E-state index contributed by atoms with van der Waals surface area (Å²) in [6.07, 6.45) is -4.57. The largest absolute Gasteiger partial charge is 0.417 e. The predicted molar refractivity (Wildman–Crippen MR) is 79.0 cm³/mol. The average molecular weight is 355 g/mol. The van der Waals surface area contributed by atoms with Gasteiger partial charge in [-0.15, -0.1) is 11.8 Å². The molecule has 9 heteroatoms. The Balaban J connectivity index is 2.78. The molecule has 0 aliphatic rings. The highest BCUT2D eigenvalue weighted by molar-refractivity contribution is 8.00. The lowest BCUT2D eigenvalue weighted by molar-refractivity contribution is -0.137. The minimum absolute atomic E-state index is 0.232. The molecule has 1 aromatic carbocycles. The monoisotopic (exact) mass is 354 g/mol. The van der Waals surface area contributed by atoms with Crippen LogP contribution < -0.4 is 10.6 Å². The molecule has 1 atom stereocenters. The van der Waals surface area contributed by atoms with Crippen LogP contribution in [0.3, 0.4) is 0 Å². The van der Waals surface area contributed by atoms with Crippen LogP contribution in [0.4, 0.5) is 18.0 Å². The Kier molecular flexibility index (Phi) is 6.55. The smallest absolute Gasteiger partial charge is 0.338 e. The number of carbonyl (C=O) groups is 2. The summed E-state index contributed by atoms with van der Waals surface area (Å²) in [7, 11) is 0. The lowest BCUT2D eigenvalue weighted by Gasteiger charge is -2.14. The third kappa shape index (κ3) is 5.42. The Morgan fingerprint density at radius 3 is 2.55 bits per heavy atom. The van der Waals surface area contributed by atoms with E-state index in [1.807, 2.05) is 0 Å². The van der Waals surface area contributed by atoms with Crippen LogP contribution in [-0.2, 0) is 11.0 Å². The zero-order chi connectivity index (χ0) is 16.9. The molecule has 0 saturated heterocycles. The lowest BCUT2D eigenvalue weighted by atomic mass is 10.2. The van der Waals surface area contributed by atoms with Crippen LogP contribution in [0.5, 0.6) is 0 Å². The zero-order valence-corrected chi connectivity index (χ0v) is 13.3. The van der Waals surface area contributed by atoms with Gasteiger partial charge in [0.1, 0.15) is 0 Å². The molecule has 1 unspecified atom stereocenters. The van der Waals surface area contributed by atoms with Crippen molar-refractivity contribution in [2.75, 3.05) is 6.54 Å². The van der Waals surface area contributed by atoms with E-state index in [1.165, 1.54) is 13.0 Å². The van der Waals surface area contributed by atoms with Crippen LogP contribution in [-0.4, -0.2) is 23.7 Å². The van der Waals surface area contributed by atoms with Gasteiger partial charge < -0.3 is 5.32 Å². The van der Waals surface area contributed by atoms with Crippen molar-refractivity contribution in [1.29, 1.82) is 0 Å². The fourth-order valence-corrected chi connectivity index (χ4v) is 2.60. The summed E-state index contributed by atoms with van der Waals surface area (Å²) in [5.74, 6) is -0.598. The number of urea groups is 1. The van der Waals surface area contributed by atoms with Gasteiger partial charge in [-0.3, -0.25) is 10.1 Å². The number of rotatable bonds is 4. The first-order chi connectivity index (χ1) is 10.1. The van der Waals surface area contributed by atoms with Crippen molar-refractivity contribution in [2.24, 2.45) is 0 Å². The molecule has 122 valence electrons. The van der Waals surface area contributed by atoms with E-state index in [-0.39, 0.29) is 4.90 Å². The normalized spacial score (nSPS) is 12.6. The van der Waals surface area contributed by atoms with Crippen LogP contribution in [0, 0.1) is 0 Å². The standard InChI is InChI=1S/C13H14ClF3N2O2S/c1-3-18-12(21)19-11(20)7(2)22-8-4-5-10(14)9(6-8)13(15,16)17/h4-7H,3H2,1-2H3,(H2,18,19,20,21). The number of carbonyl (C=O) groups excluding carboxylic acids is 2. The number of halogens is 4. The van der Waals surface area contributed by atoms with Crippen LogP contribution in [0.25, 0.3) is 0 Å². The quantitative estimate of drug-likeness (QED) is 0.811. The predicted octanol–water partition coefficient (Wildman–Crippen LogP) is 3.69. The van der Waals surface area contributed by atoms with Crippen molar-refractivity contribution in [2.45, 2.75) is 30.2 Å². The molecule has 0 aliphatic heterocycles. The SMILES string of the molecule is CCNC(=O)NC(=O)C(C)Sc1ccc(Cl)c(C(F)(F)F)c1. The number of nitrogens with one attached hydrogen (secondary N) is 2. The van der Waals surface area contributed by atoms with Gasteiger partial charge in [0.05, 0.1) is 15.8 Å². The molecule has 0 saturated carbocycles. The summed E-state index contributed by atoms with van der Waals surface area (Å²) in [5.41, 5.74) is -0.962. The van der Waals surface area contributed by atoms with E-state index in [4.69, 9.17) is 11.6 Å². The number of alkyl halides is 3. The highest BCUT2D eigenvalue weighted by atomic mass is 35.5. The molecule has 1 aromatic rings. The van der Waals surface area contributed by atoms with E-state index >= 15 is 0 Å². The number of thioether (sulfide) groups is 1. The molecule has 0 radical (unpaired) electrons. The van der Waals surface area contributed by atoms with E-state index in [2.05, 4.69) is 10.6 Å². The third-order valence-corrected chi connectivity index (χ3v) is 3.92. The van der Waals surface area contributed by atoms with Crippen molar-refractivity contribution in [1.82, 2.24) is 10.6 Å². The van der Waals surface area contributed by atoms with Gasteiger partial charge in [-0.2, -0.15) is 13.2 Å². The van der Waals surface area contributed by atoms with E-state index in [0.717, 1.165) is 23.9 Å². The van der Waals surface area contributed by atoms with Crippen molar-refractivity contribution >= 4 is 35.3 Å². The topological polar surface area (TPSA) is 58.2 Å². The Hall–Kier alpha value is -1.41. The molecule has 2 N–H and O–H groups in total. The van der Waals surface area contributed by atoms with Crippen molar-refractivity contribution in [3.63, 3.8) is 0 Å². The maximum atomic E-state index is 12.8. The summed E-state index contributed by atoms with van der Waals surface area (Å²) in [6, 6.07) is 2.74. The molecule has 4 nitrogen and oxygen atoms in total. The number of hydrogen-bond donors (Lipinski definition) is 2. The van der Waals surface area contributed by atoms with E-state index < -0.39 is 34.0 Å². The summed E-state index contributed by atoms with van der Waals surface area (Å²) in [5, 5.41) is 3.33. The summed E-state index contributed by atoms with van der Waals surface area (Å²) in [6.45, 7) is 3.53. The van der Waals surface area contributed by atoms with Gasteiger partial charge in [0, 0.05) is 11.4 Å². The zero-order valence-electron chi connectivity index (χ0n) is 11.8. The van der Waals surface area contributed by atoms with Gasteiger partial charge in [-0.25, -0.2) is 4.79 Å². The van der Waals surface area contributed by atoms with Crippen LogP contribution >= 0.6 is 23.4 Å². The van der Waals surface area contributed by atoms with Crippen molar-refractivity contribution in [3.8, 4) is 0 Å². The maximum Gasteiger partial charge on any atom is 0.417 e. The lowest BCUT2D eigenvalue weighted by Crippen LogP contribution is -2.42. The second-order valence-corrected chi connectivity index (χ2v) is 6.07. The van der Waals surface area contributed by atoms with E-state index in [0.29, 0.717) is 6.54 Å². The molecule has 0 aromatic heterocycles. The van der Waals surface area contributed by atoms with Crippen molar-refractivity contribution < 1.29 is 22.8 Å². The molecule has 22 heavy (non-hydrogen) atoms. The fraction of sp³-hybridized carbons (Fsp3) is 0.385. The first-order valence-electron chi connectivity index (χ1n) is 6.27. The number of amides is 3. The molecule has 0 spiro atoms. The van der Waals surface area contributed by atoms with Crippen LogP contribution in [0.2, 0.25) is 5.02 Å². The summed E-state index contributed by atoms with van der Waals surface area (Å²) >= 11 is 6.42. The first-order valence-corrected chi connectivity index (χ1v) is 7.53. The molecule has 1 rings (SSSR count). The molecule has 0 fully saturated rings. The van der Waals surface area contributed by atoms with Gasteiger partial charge >= 0.3 is 12.2 Å². The van der Waals surface area contributed by atoms with Gasteiger partial charge in [0.25, 0.3) is 0 Å². The Labute approximate surface area is 134 Å². The Bertz CT molecular complexity index is 567. The highest BCUT2D eigenvalue weighted by Gasteiger charge is 2.33. The number of benzene rings is 1. The Morgan fingerprint density at radius 2 is 2.00 bits per heavy atom. The molecular weight excluding hydrogens is 341 g/mol. The van der Waals surface area contributed by atoms with E-state index in [1.54, 1.807) is 6.92 Å². The minimum Gasteiger partial charge on any atom is -0.338 e. The van der Waals surface area contributed by atoms with Gasteiger partial charge in [0.2, 0.25) is 5.91 Å². The summed E-state index contributed by atoms with van der Waals surface area (Å²) < 4.78 is 38.3. The molecule has 3 amide bonds. The second kappa shape index (κ2) is 7.73. The molecule has 0 heterocycles. The number of imide groups is 1.